The number of ether oxygens (including phenoxy) is 1. The molecular formula is C18H31IN6O2. The van der Waals surface area contributed by atoms with Gasteiger partial charge in [-0.1, -0.05) is 0 Å². The van der Waals surface area contributed by atoms with Crippen molar-refractivity contribution in [1.82, 2.24) is 25.8 Å². The first-order valence-electron chi connectivity index (χ1n) is 9.22. The maximum absolute atomic E-state index is 11.5. The van der Waals surface area contributed by atoms with Crippen LogP contribution in [0.2, 0.25) is 0 Å². The predicted octanol–water partition coefficient (Wildman–Crippen LogP) is 0.844. The zero-order chi connectivity index (χ0) is 18.6. The van der Waals surface area contributed by atoms with Gasteiger partial charge in [-0.15, -0.1) is 24.0 Å². The molecule has 152 valence electrons. The van der Waals surface area contributed by atoms with Crippen LogP contribution in [0.25, 0.3) is 0 Å². The number of guanidine groups is 1. The van der Waals surface area contributed by atoms with E-state index >= 15 is 0 Å². The number of rotatable bonds is 8. The minimum absolute atomic E-state index is 0. The van der Waals surface area contributed by atoms with E-state index in [-0.39, 0.29) is 29.9 Å². The van der Waals surface area contributed by atoms with E-state index in [1.54, 1.807) is 19.4 Å². The molecule has 9 heteroatoms. The average molecular weight is 490 g/mol. The molecule has 1 aromatic heterocycles. The number of pyridine rings is 1. The third-order valence-corrected chi connectivity index (χ3v) is 4.18. The standard InChI is InChI=1S/C18H30N6O2.HI/c1-3-21-18(22-9-12-26-16-5-4-8-20-13-16)23-15-6-10-24(11-7-15)14-17(25)19-2;/h4-5,8,13,15H,3,6-7,9-12,14H2,1-2H3,(H,19,25)(H2,21,22,23);1H. The van der Waals surface area contributed by atoms with Crippen molar-refractivity contribution < 1.29 is 9.53 Å². The molecule has 1 aliphatic rings. The van der Waals surface area contributed by atoms with Crippen LogP contribution in [0, 0.1) is 0 Å². The summed E-state index contributed by atoms with van der Waals surface area (Å²) < 4.78 is 5.62. The van der Waals surface area contributed by atoms with Crippen molar-refractivity contribution in [3.63, 3.8) is 0 Å². The fraction of sp³-hybridized carbons (Fsp3) is 0.611. The minimum atomic E-state index is 0. The van der Waals surface area contributed by atoms with Crippen LogP contribution in [0.3, 0.4) is 0 Å². The SMILES string of the molecule is CCNC(=NCCOc1cccnc1)NC1CCN(CC(=O)NC)CC1.I. The number of aliphatic imine (C=N–C) groups is 1. The van der Waals surface area contributed by atoms with Crippen molar-refractivity contribution in [2.75, 3.05) is 46.4 Å². The fourth-order valence-corrected chi connectivity index (χ4v) is 2.78. The molecule has 2 heterocycles. The third kappa shape index (κ3) is 9.23. The Kier molecular flexibility index (Phi) is 11.7. The normalized spacial score (nSPS) is 15.6. The lowest BCUT2D eigenvalue weighted by Crippen LogP contribution is -2.50. The number of hydrogen-bond donors (Lipinski definition) is 3. The largest absolute Gasteiger partial charge is 0.490 e. The van der Waals surface area contributed by atoms with Gasteiger partial charge in [-0.25, -0.2) is 4.99 Å². The molecule has 8 nitrogen and oxygen atoms in total. The Morgan fingerprint density at radius 2 is 2.19 bits per heavy atom. The molecule has 0 spiro atoms. The maximum atomic E-state index is 11.5. The van der Waals surface area contributed by atoms with E-state index < -0.39 is 0 Å². The van der Waals surface area contributed by atoms with Crippen LogP contribution in [0.1, 0.15) is 19.8 Å². The van der Waals surface area contributed by atoms with E-state index in [0.29, 0.717) is 25.7 Å². The highest BCUT2D eigenvalue weighted by Crippen LogP contribution is 2.10. The molecule has 0 radical (unpaired) electrons. The molecule has 0 aromatic carbocycles. The molecule has 1 aliphatic heterocycles. The van der Waals surface area contributed by atoms with Crippen LogP contribution in [0.5, 0.6) is 5.75 Å². The average Bonchev–Trinajstić information content (AvgIpc) is 2.67. The quantitative estimate of drug-likeness (QED) is 0.217. The molecule has 1 fully saturated rings. The topological polar surface area (TPSA) is 90.9 Å². The third-order valence-electron chi connectivity index (χ3n) is 4.18. The second kappa shape index (κ2) is 13.5. The Balaban J connectivity index is 0.00000364. The first-order valence-corrected chi connectivity index (χ1v) is 9.22. The van der Waals surface area contributed by atoms with Gasteiger partial charge in [0.2, 0.25) is 5.91 Å². The highest BCUT2D eigenvalue weighted by molar-refractivity contribution is 14.0. The summed E-state index contributed by atoms with van der Waals surface area (Å²) in [5.41, 5.74) is 0. The highest BCUT2D eigenvalue weighted by atomic mass is 127. The van der Waals surface area contributed by atoms with Crippen molar-refractivity contribution in [3.8, 4) is 5.75 Å². The van der Waals surface area contributed by atoms with Crippen LogP contribution in [-0.4, -0.2) is 74.2 Å². The second-order valence-corrected chi connectivity index (χ2v) is 6.17. The predicted molar refractivity (Wildman–Crippen MR) is 118 cm³/mol. The molecule has 1 amide bonds. The van der Waals surface area contributed by atoms with E-state index in [0.717, 1.165) is 44.2 Å². The van der Waals surface area contributed by atoms with E-state index in [2.05, 4.69) is 37.8 Å². The number of nitrogens with zero attached hydrogens (tertiary/aromatic N) is 3. The van der Waals surface area contributed by atoms with Gasteiger partial charge < -0.3 is 20.7 Å². The number of nitrogens with one attached hydrogen (secondary N) is 3. The summed E-state index contributed by atoms with van der Waals surface area (Å²) >= 11 is 0. The van der Waals surface area contributed by atoms with E-state index in [4.69, 9.17) is 4.74 Å². The zero-order valence-electron chi connectivity index (χ0n) is 16.1. The summed E-state index contributed by atoms with van der Waals surface area (Å²) in [4.78, 5) is 22.2. The van der Waals surface area contributed by atoms with E-state index in [9.17, 15) is 4.79 Å². The van der Waals surface area contributed by atoms with Gasteiger partial charge in [-0.2, -0.15) is 0 Å². The molecule has 27 heavy (non-hydrogen) atoms. The second-order valence-electron chi connectivity index (χ2n) is 6.17. The number of hydrogen-bond acceptors (Lipinski definition) is 5. The van der Waals surface area contributed by atoms with Gasteiger partial charge in [0.1, 0.15) is 12.4 Å². The number of likely N-dealkylation sites (tertiary alicyclic amines) is 1. The van der Waals surface area contributed by atoms with Crippen LogP contribution in [-0.2, 0) is 4.79 Å². The van der Waals surface area contributed by atoms with Crippen LogP contribution in [0.4, 0.5) is 0 Å². The van der Waals surface area contributed by atoms with Crippen molar-refractivity contribution in [1.29, 1.82) is 0 Å². The number of carbonyl (C=O) groups is 1. The van der Waals surface area contributed by atoms with Gasteiger partial charge in [-0.05, 0) is 31.9 Å². The smallest absolute Gasteiger partial charge is 0.233 e. The Morgan fingerprint density at radius 1 is 1.41 bits per heavy atom. The van der Waals surface area contributed by atoms with Crippen molar-refractivity contribution in [2.24, 2.45) is 4.99 Å². The fourth-order valence-electron chi connectivity index (χ4n) is 2.78. The first-order chi connectivity index (χ1) is 12.7. The van der Waals surface area contributed by atoms with Gasteiger partial charge in [-0.3, -0.25) is 14.7 Å². The minimum Gasteiger partial charge on any atom is -0.490 e. The summed E-state index contributed by atoms with van der Waals surface area (Å²) in [6, 6.07) is 4.10. The molecule has 0 bridgehead atoms. The van der Waals surface area contributed by atoms with Gasteiger partial charge in [0.05, 0.1) is 19.3 Å². The number of carbonyl (C=O) groups excluding carboxylic acids is 1. The summed E-state index contributed by atoms with van der Waals surface area (Å²) in [6.45, 7) is 6.24. The lowest BCUT2D eigenvalue weighted by atomic mass is 10.1. The monoisotopic (exact) mass is 490 g/mol. The maximum Gasteiger partial charge on any atom is 0.233 e. The highest BCUT2D eigenvalue weighted by Gasteiger charge is 2.21. The summed E-state index contributed by atoms with van der Waals surface area (Å²) in [7, 11) is 1.67. The number of piperidine rings is 1. The molecule has 0 aliphatic carbocycles. The van der Waals surface area contributed by atoms with Crippen LogP contribution < -0.4 is 20.7 Å². The first kappa shape index (κ1) is 23.4. The molecule has 3 N–H and O–H groups in total. The molecular weight excluding hydrogens is 459 g/mol. The van der Waals surface area contributed by atoms with Crippen LogP contribution >= 0.6 is 24.0 Å². The molecule has 2 rings (SSSR count). The number of aromatic nitrogens is 1. The van der Waals surface area contributed by atoms with E-state index in [1.807, 2.05) is 12.1 Å². The van der Waals surface area contributed by atoms with Crippen molar-refractivity contribution in [3.05, 3.63) is 24.5 Å². The van der Waals surface area contributed by atoms with Gasteiger partial charge in [0.15, 0.2) is 5.96 Å². The lowest BCUT2D eigenvalue weighted by Gasteiger charge is -2.32. The number of halogens is 1. The van der Waals surface area contributed by atoms with Crippen LogP contribution in [0.15, 0.2) is 29.5 Å². The zero-order valence-corrected chi connectivity index (χ0v) is 18.4. The van der Waals surface area contributed by atoms with Gasteiger partial charge in [0, 0.05) is 38.9 Å². The Hall–Kier alpha value is -1.62. The molecule has 0 unspecified atom stereocenters. The Bertz CT molecular complexity index is 564. The van der Waals surface area contributed by atoms with Crippen molar-refractivity contribution in [2.45, 2.75) is 25.8 Å². The van der Waals surface area contributed by atoms with Crippen molar-refractivity contribution >= 4 is 35.8 Å². The van der Waals surface area contributed by atoms with E-state index in [1.165, 1.54) is 0 Å². The lowest BCUT2D eigenvalue weighted by molar-refractivity contribution is -0.122. The summed E-state index contributed by atoms with van der Waals surface area (Å²) in [5, 5.41) is 9.43. The molecule has 0 atom stereocenters. The number of likely N-dealkylation sites (N-methyl/N-ethyl adjacent to an activating group) is 1. The number of amides is 1. The van der Waals surface area contributed by atoms with Gasteiger partial charge in [0.25, 0.3) is 0 Å². The Morgan fingerprint density at radius 3 is 2.81 bits per heavy atom. The Labute approximate surface area is 178 Å². The summed E-state index contributed by atoms with van der Waals surface area (Å²) in [5.74, 6) is 1.64. The summed E-state index contributed by atoms with van der Waals surface area (Å²) in [6.07, 6.45) is 5.40. The molecule has 0 saturated carbocycles. The molecule has 1 aromatic rings. The van der Waals surface area contributed by atoms with Gasteiger partial charge >= 0.3 is 0 Å². The molecule has 1 saturated heterocycles.